The molecule has 0 saturated carbocycles. The second-order valence-corrected chi connectivity index (χ2v) is 7.51. The molecule has 2 amide bonds. The maximum absolute atomic E-state index is 12.4. The Balaban J connectivity index is 2.62. The molecule has 1 unspecified atom stereocenters. The number of carbonyl (C=O) groups excluding carboxylic acids is 2. The van der Waals surface area contributed by atoms with Crippen molar-refractivity contribution >= 4 is 35.2 Å². The Hall–Kier alpha value is -1.20. The predicted octanol–water partition coefficient (Wildman–Crippen LogP) is 3.74. The lowest BCUT2D eigenvalue weighted by Gasteiger charge is -2.18. The molecule has 1 aromatic carbocycles. The molecule has 0 spiro atoms. The molecule has 0 aliphatic rings. The van der Waals surface area contributed by atoms with E-state index in [4.69, 9.17) is 11.6 Å². The molecule has 0 heterocycles. The average Bonchev–Trinajstić information content (AvgIpc) is 2.55. The highest BCUT2D eigenvalue weighted by atomic mass is 35.5. The maximum Gasteiger partial charge on any atom is 0.253 e. The van der Waals surface area contributed by atoms with Gasteiger partial charge in [-0.1, -0.05) is 37.6 Å². The van der Waals surface area contributed by atoms with Gasteiger partial charge in [0.1, 0.15) is 6.04 Å². The van der Waals surface area contributed by atoms with Gasteiger partial charge in [0.2, 0.25) is 5.91 Å². The minimum atomic E-state index is -0.541. The zero-order valence-corrected chi connectivity index (χ0v) is 16.2. The fourth-order valence-electron chi connectivity index (χ4n) is 2.23. The summed E-state index contributed by atoms with van der Waals surface area (Å²) < 4.78 is 0. The van der Waals surface area contributed by atoms with E-state index in [1.54, 1.807) is 36.0 Å². The van der Waals surface area contributed by atoms with Gasteiger partial charge < -0.3 is 10.6 Å². The minimum absolute atomic E-state index is 0.131. The van der Waals surface area contributed by atoms with Gasteiger partial charge in [-0.05, 0) is 49.3 Å². The van der Waals surface area contributed by atoms with Crippen LogP contribution in [0.25, 0.3) is 0 Å². The van der Waals surface area contributed by atoms with Crippen LogP contribution in [0.5, 0.6) is 0 Å². The van der Waals surface area contributed by atoms with Crippen molar-refractivity contribution in [3.05, 3.63) is 34.9 Å². The van der Waals surface area contributed by atoms with Gasteiger partial charge in [-0.3, -0.25) is 9.59 Å². The maximum atomic E-state index is 12.4. The third-order valence-corrected chi connectivity index (χ3v) is 4.58. The normalized spacial score (nSPS) is 12.0. The van der Waals surface area contributed by atoms with Crippen molar-refractivity contribution in [3.63, 3.8) is 0 Å². The van der Waals surface area contributed by atoms with E-state index in [9.17, 15) is 9.59 Å². The molecule has 1 rings (SSSR count). The number of nitrogens with one attached hydrogen (secondary N) is 2. The fraction of sp³-hybridized carbons (Fsp3) is 0.556. The van der Waals surface area contributed by atoms with E-state index in [1.807, 2.05) is 6.26 Å². The van der Waals surface area contributed by atoms with E-state index in [-0.39, 0.29) is 11.8 Å². The fourth-order valence-corrected chi connectivity index (χ4v) is 2.92. The van der Waals surface area contributed by atoms with Crippen molar-refractivity contribution in [1.29, 1.82) is 0 Å². The first-order valence-electron chi connectivity index (χ1n) is 8.27. The number of benzene rings is 1. The van der Waals surface area contributed by atoms with Crippen LogP contribution in [0, 0.1) is 5.92 Å². The number of carbonyl (C=O) groups is 2. The van der Waals surface area contributed by atoms with Gasteiger partial charge in [0.05, 0.1) is 10.6 Å². The number of rotatable bonds is 10. The molecule has 0 aliphatic heterocycles. The molecule has 0 radical (unpaired) electrons. The highest BCUT2D eigenvalue weighted by Crippen LogP contribution is 2.15. The molecule has 24 heavy (non-hydrogen) atoms. The van der Waals surface area contributed by atoms with Gasteiger partial charge in [-0.2, -0.15) is 11.8 Å². The van der Waals surface area contributed by atoms with Crippen molar-refractivity contribution < 1.29 is 9.59 Å². The summed E-state index contributed by atoms with van der Waals surface area (Å²) >= 11 is 7.70. The smallest absolute Gasteiger partial charge is 0.253 e. The molecule has 0 saturated heterocycles. The molecule has 4 nitrogen and oxygen atoms in total. The van der Waals surface area contributed by atoms with E-state index in [1.165, 1.54) is 0 Å². The molecule has 0 fully saturated rings. The van der Waals surface area contributed by atoms with Crippen LogP contribution in [0.15, 0.2) is 24.3 Å². The third kappa shape index (κ3) is 7.58. The molecule has 1 aromatic rings. The number of amides is 2. The van der Waals surface area contributed by atoms with Crippen molar-refractivity contribution in [2.24, 2.45) is 5.92 Å². The Morgan fingerprint density at radius 3 is 2.54 bits per heavy atom. The lowest BCUT2D eigenvalue weighted by molar-refractivity contribution is -0.123. The molecule has 2 N–H and O–H groups in total. The summed E-state index contributed by atoms with van der Waals surface area (Å²) in [5.74, 6) is 0.971. The molecule has 6 heteroatoms. The molecule has 1 atom stereocenters. The molecule has 0 aliphatic carbocycles. The lowest BCUT2D eigenvalue weighted by atomic mass is 10.1. The van der Waals surface area contributed by atoms with Crippen LogP contribution in [-0.4, -0.2) is 36.4 Å². The number of hydrogen-bond donors (Lipinski definition) is 2. The first-order valence-corrected chi connectivity index (χ1v) is 10.0. The average molecular weight is 371 g/mol. The minimum Gasteiger partial charge on any atom is -0.354 e. The summed E-state index contributed by atoms with van der Waals surface area (Å²) in [6.07, 6.45) is 4.58. The van der Waals surface area contributed by atoms with E-state index in [0.717, 1.165) is 18.6 Å². The second-order valence-electron chi connectivity index (χ2n) is 6.11. The van der Waals surface area contributed by atoms with Crippen molar-refractivity contribution in [3.8, 4) is 0 Å². The first kappa shape index (κ1) is 20.8. The zero-order chi connectivity index (χ0) is 17.9. The monoisotopic (exact) mass is 370 g/mol. The van der Waals surface area contributed by atoms with E-state index < -0.39 is 6.04 Å². The standard InChI is InChI=1S/C18H27ClN2O2S/c1-13(2)7-6-11-20-18(23)16(10-12-24-3)21-17(22)14-8-4-5-9-15(14)19/h4-5,8-9,13,16H,6-7,10-12H2,1-3H3,(H,20,23)(H,21,22). The molecule has 0 aromatic heterocycles. The van der Waals surface area contributed by atoms with E-state index >= 15 is 0 Å². The first-order chi connectivity index (χ1) is 11.5. The summed E-state index contributed by atoms with van der Waals surface area (Å²) in [7, 11) is 0. The van der Waals surface area contributed by atoms with Gasteiger partial charge in [0, 0.05) is 6.54 Å². The van der Waals surface area contributed by atoms with Crippen LogP contribution < -0.4 is 10.6 Å². The topological polar surface area (TPSA) is 58.2 Å². The predicted molar refractivity (Wildman–Crippen MR) is 103 cm³/mol. The van der Waals surface area contributed by atoms with Gasteiger partial charge in [0.15, 0.2) is 0 Å². The van der Waals surface area contributed by atoms with Crippen LogP contribution in [0.2, 0.25) is 5.02 Å². The molecule has 0 bridgehead atoms. The Labute approximate surface area is 154 Å². The summed E-state index contributed by atoms with van der Waals surface area (Å²) in [6.45, 7) is 4.95. The summed E-state index contributed by atoms with van der Waals surface area (Å²) in [5.41, 5.74) is 0.390. The molecular weight excluding hydrogens is 344 g/mol. The van der Waals surface area contributed by atoms with Gasteiger partial charge in [0.25, 0.3) is 5.91 Å². The molecular formula is C18H27ClN2O2S. The number of hydrogen-bond acceptors (Lipinski definition) is 3. The van der Waals surface area contributed by atoms with Gasteiger partial charge in [-0.15, -0.1) is 0 Å². The number of halogens is 1. The van der Waals surface area contributed by atoms with Crippen LogP contribution in [-0.2, 0) is 4.79 Å². The van der Waals surface area contributed by atoms with Crippen LogP contribution in [0.4, 0.5) is 0 Å². The van der Waals surface area contributed by atoms with E-state index in [0.29, 0.717) is 29.5 Å². The van der Waals surface area contributed by atoms with Crippen molar-refractivity contribution in [1.82, 2.24) is 10.6 Å². The summed E-state index contributed by atoms with van der Waals surface area (Å²) in [6, 6.07) is 6.30. The largest absolute Gasteiger partial charge is 0.354 e. The highest BCUT2D eigenvalue weighted by molar-refractivity contribution is 7.98. The third-order valence-electron chi connectivity index (χ3n) is 3.61. The second kappa shape index (κ2) is 11.4. The SMILES string of the molecule is CSCCC(NC(=O)c1ccccc1Cl)C(=O)NCCCC(C)C. The lowest BCUT2D eigenvalue weighted by Crippen LogP contribution is -2.47. The van der Waals surface area contributed by atoms with Crippen molar-refractivity contribution in [2.45, 2.75) is 39.2 Å². The quantitative estimate of drug-likeness (QED) is 0.617. The van der Waals surface area contributed by atoms with Crippen LogP contribution in [0.1, 0.15) is 43.5 Å². The van der Waals surface area contributed by atoms with Crippen molar-refractivity contribution in [2.75, 3.05) is 18.6 Å². The number of thioether (sulfide) groups is 1. The van der Waals surface area contributed by atoms with Gasteiger partial charge in [-0.25, -0.2) is 0 Å². The molecule has 134 valence electrons. The Kier molecular flexibility index (Phi) is 9.88. The Morgan fingerprint density at radius 1 is 1.21 bits per heavy atom. The Morgan fingerprint density at radius 2 is 1.92 bits per heavy atom. The highest BCUT2D eigenvalue weighted by Gasteiger charge is 2.21. The Bertz CT molecular complexity index is 538. The van der Waals surface area contributed by atoms with Gasteiger partial charge >= 0.3 is 0 Å². The summed E-state index contributed by atoms with van der Waals surface area (Å²) in [5, 5.41) is 6.12. The summed E-state index contributed by atoms with van der Waals surface area (Å²) in [4.78, 5) is 24.8. The van der Waals surface area contributed by atoms with E-state index in [2.05, 4.69) is 24.5 Å². The zero-order valence-electron chi connectivity index (χ0n) is 14.6. The van der Waals surface area contributed by atoms with Crippen LogP contribution in [0.3, 0.4) is 0 Å². The van der Waals surface area contributed by atoms with Crippen LogP contribution >= 0.6 is 23.4 Å².